The Morgan fingerprint density at radius 2 is 1.64 bits per heavy atom. The summed E-state index contributed by atoms with van der Waals surface area (Å²) in [5, 5.41) is 68.3. The van der Waals surface area contributed by atoms with Crippen molar-refractivity contribution in [2.24, 2.45) is 0 Å². The van der Waals surface area contributed by atoms with E-state index >= 15 is 0 Å². The SMILES string of the molecule is COc1cc(CO)ccc1O[C@@H]1O[C@H](COC(=O)c2cc(O)c(O)c(O)c2)[C@@H](O)[C@H](O)[C@H]1O. The minimum Gasteiger partial charge on any atom is -0.504 e. The van der Waals surface area contributed by atoms with Crippen LogP contribution in [0.25, 0.3) is 0 Å². The third-order valence-electron chi connectivity index (χ3n) is 5.01. The molecular weight excluding hydrogens is 444 g/mol. The molecule has 180 valence electrons. The van der Waals surface area contributed by atoms with E-state index in [9.17, 15) is 40.5 Å². The molecule has 33 heavy (non-hydrogen) atoms. The normalized spacial score (nSPS) is 24.8. The number of phenolic OH excluding ortho intramolecular Hbond substituents is 3. The van der Waals surface area contributed by atoms with E-state index in [1.54, 1.807) is 6.07 Å². The van der Waals surface area contributed by atoms with Crippen LogP contribution in [0.4, 0.5) is 0 Å². The van der Waals surface area contributed by atoms with Crippen LogP contribution in [0.5, 0.6) is 28.7 Å². The van der Waals surface area contributed by atoms with Gasteiger partial charge < -0.3 is 54.7 Å². The Morgan fingerprint density at radius 1 is 0.970 bits per heavy atom. The van der Waals surface area contributed by atoms with Gasteiger partial charge in [-0.2, -0.15) is 0 Å². The summed E-state index contributed by atoms with van der Waals surface area (Å²) in [5.74, 6) is -3.00. The van der Waals surface area contributed by atoms with E-state index in [4.69, 9.17) is 18.9 Å². The molecule has 2 aromatic carbocycles. The van der Waals surface area contributed by atoms with E-state index in [0.29, 0.717) is 5.56 Å². The van der Waals surface area contributed by atoms with Crippen LogP contribution in [0.2, 0.25) is 0 Å². The molecule has 1 fully saturated rings. The molecule has 0 saturated carbocycles. The topological polar surface area (TPSA) is 196 Å². The number of hydrogen-bond acceptors (Lipinski definition) is 12. The van der Waals surface area contributed by atoms with E-state index in [-0.39, 0.29) is 23.7 Å². The predicted octanol–water partition coefficient (Wildman–Crippen LogP) is -0.652. The molecule has 1 aliphatic rings. The van der Waals surface area contributed by atoms with Crippen LogP contribution >= 0.6 is 0 Å². The summed E-state index contributed by atoms with van der Waals surface area (Å²) in [6.45, 7) is -0.833. The molecule has 0 radical (unpaired) electrons. The van der Waals surface area contributed by atoms with Gasteiger partial charge in [0.2, 0.25) is 6.29 Å². The number of benzene rings is 2. The number of hydrogen-bond donors (Lipinski definition) is 7. The number of ether oxygens (including phenoxy) is 4. The lowest BCUT2D eigenvalue weighted by Gasteiger charge is -2.40. The fraction of sp³-hybridized carbons (Fsp3) is 0.381. The number of phenols is 3. The van der Waals surface area contributed by atoms with Crippen LogP contribution in [0.1, 0.15) is 15.9 Å². The third kappa shape index (κ3) is 5.21. The molecular formula is C21H24O12. The van der Waals surface area contributed by atoms with Gasteiger partial charge in [0, 0.05) is 0 Å². The van der Waals surface area contributed by atoms with Crippen LogP contribution in [0.15, 0.2) is 30.3 Å². The molecule has 0 aliphatic carbocycles. The average molecular weight is 468 g/mol. The first kappa shape index (κ1) is 24.4. The summed E-state index contributed by atoms with van der Waals surface area (Å²) in [6.07, 6.45) is -7.83. The van der Waals surface area contributed by atoms with Crippen molar-refractivity contribution < 1.29 is 59.5 Å². The zero-order valence-electron chi connectivity index (χ0n) is 17.4. The highest BCUT2D eigenvalue weighted by molar-refractivity contribution is 5.91. The minimum atomic E-state index is -1.71. The van der Waals surface area contributed by atoms with Gasteiger partial charge in [-0.1, -0.05) is 6.07 Å². The highest BCUT2D eigenvalue weighted by Gasteiger charge is 2.45. The number of aliphatic hydroxyl groups excluding tert-OH is 4. The van der Waals surface area contributed by atoms with E-state index in [1.165, 1.54) is 19.2 Å². The Labute approximate surface area is 187 Å². The summed E-state index contributed by atoms with van der Waals surface area (Å²) in [7, 11) is 1.36. The Hall–Kier alpha value is -3.29. The van der Waals surface area contributed by atoms with Crippen molar-refractivity contribution in [3.63, 3.8) is 0 Å². The molecule has 3 rings (SSSR count). The number of esters is 1. The van der Waals surface area contributed by atoms with E-state index in [1.807, 2.05) is 0 Å². The number of rotatable bonds is 7. The monoisotopic (exact) mass is 468 g/mol. The number of aromatic hydroxyl groups is 3. The quantitative estimate of drug-likeness (QED) is 0.201. The van der Waals surface area contributed by atoms with E-state index < -0.39 is 60.5 Å². The van der Waals surface area contributed by atoms with Gasteiger partial charge in [0.25, 0.3) is 0 Å². The first-order valence-corrected chi connectivity index (χ1v) is 9.72. The minimum absolute atomic E-state index is 0.119. The van der Waals surface area contributed by atoms with Crippen LogP contribution in [0.3, 0.4) is 0 Å². The molecule has 0 spiro atoms. The maximum Gasteiger partial charge on any atom is 0.338 e. The Balaban J connectivity index is 1.71. The number of methoxy groups -OCH3 is 1. The average Bonchev–Trinajstić information content (AvgIpc) is 2.81. The summed E-state index contributed by atoms with van der Waals surface area (Å²) in [6, 6.07) is 6.22. The second-order valence-corrected chi connectivity index (χ2v) is 7.24. The Morgan fingerprint density at radius 3 is 2.24 bits per heavy atom. The molecule has 2 aromatic rings. The third-order valence-corrected chi connectivity index (χ3v) is 5.01. The van der Waals surface area contributed by atoms with Gasteiger partial charge in [0.1, 0.15) is 31.0 Å². The molecule has 0 unspecified atom stereocenters. The standard InChI is InChI=1S/C21H24O12/c1-30-14-4-9(7-22)2-3-13(14)32-21-19(28)18(27)17(26)15(33-21)8-31-20(29)10-5-11(23)16(25)12(24)6-10/h2-6,15,17-19,21-28H,7-8H2,1H3/t15-,17-,18+,19-,21-/m1/s1. The molecule has 5 atom stereocenters. The van der Waals surface area contributed by atoms with Crippen molar-refractivity contribution in [3.8, 4) is 28.7 Å². The first-order chi connectivity index (χ1) is 15.7. The van der Waals surface area contributed by atoms with Gasteiger partial charge in [-0.15, -0.1) is 0 Å². The van der Waals surface area contributed by atoms with Crippen molar-refractivity contribution in [2.75, 3.05) is 13.7 Å². The van der Waals surface area contributed by atoms with Crippen molar-refractivity contribution in [1.29, 1.82) is 0 Å². The van der Waals surface area contributed by atoms with Crippen molar-refractivity contribution in [1.82, 2.24) is 0 Å². The highest BCUT2D eigenvalue weighted by Crippen LogP contribution is 2.36. The lowest BCUT2D eigenvalue weighted by Crippen LogP contribution is -2.60. The largest absolute Gasteiger partial charge is 0.504 e. The smallest absolute Gasteiger partial charge is 0.338 e. The van der Waals surface area contributed by atoms with Crippen molar-refractivity contribution >= 4 is 5.97 Å². The lowest BCUT2D eigenvalue weighted by molar-refractivity contribution is -0.277. The Bertz CT molecular complexity index is 970. The fourth-order valence-electron chi connectivity index (χ4n) is 3.15. The second-order valence-electron chi connectivity index (χ2n) is 7.24. The van der Waals surface area contributed by atoms with E-state index in [2.05, 4.69) is 0 Å². The molecule has 12 heteroatoms. The summed E-state index contributed by atoms with van der Waals surface area (Å²) < 4.78 is 21.3. The molecule has 1 aliphatic heterocycles. The van der Waals surface area contributed by atoms with Gasteiger partial charge >= 0.3 is 5.97 Å². The molecule has 0 amide bonds. The highest BCUT2D eigenvalue weighted by atomic mass is 16.7. The predicted molar refractivity (Wildman–Crippen MR) is 108 cm³/mol. The van der Waals surface area contributed by atoms with Gasteiger partial charge in [0.15, 0.2) is 28.7 Å². The molecule has 12 nitrogen and oxygen atoms in total. The number of carbonyl (C=O) groups is 1. The summed E-state index contributed by atoms with van der Waals surface area (Å²) >= 11 is 0. The summed E-state index contributed by atoms with van der Waals surface area (Å²) in [4.78, 5) is 12.2. The zero-order valence-corrected chi connectivity index (χ0v) is 17.4. The van der Waals surface area contributed by atoms with Gasteiger partial charge in [-0.3, -0.25) is 0 Å². The van der Waals surface area contributed by atoms with Gasteiger partial charge in [0.05, 0.1) is 19.3 Å². The molecule has 0 aromatic heterocycles. The Kier molecular flexibility index (Phi) is 7.46. The molecule has 0 bridgehead atoms. The number of carbonyl (C=O) groups excluding carboxylic acids is 1. The maximum absolute atomic E-state index is 12.2. The van der Waals surface area contributed by atoms with E-state index in [0.717, 1.165) is 12.1 Å². The molecule has 1 heterocycles. The van der Waals surface area contributed by atoms with Crippen LogP contribution in [-0.2, 0) is 16.1 Å². The van der Waals surface area contributed by atoms with Gasteiger partial charge in [-0.25, -0.2) is 4.79 Å². The zero-order chi connectivity index (χ0) is 24.3. The van der Waals surface area contributed by atoms with Crippen LogP contribution in [-0.4, -0.2) is 86.1 Å². The van der Waals surface area contributed by atoms with Gasteiger partial charge in [-0.05, 0) is 29.8 Å². The fourth-order valence-corrected chi connectivity index (χ4v) is 3.15. The molecule has 1 saturated heterocycles. The maximum atomic E-state index is 12.2. The lowest BCUT2D eigenvalue weighted by atomic mass is 9.99. The number of aliphatic hydroxyl groups is 4. The van der Waals surface area contributed by atoms with Crippen molar-refractivity contribution in [3.05, 3.63) is 41.5 Å². The molecule has 7 N–H and O–H groups in total. The van der Waals surface area contributed by atoms with Crippen LogP contribution in [0, 0.1) is 0 Å². The second kappa shape index (κ2) is 10.1. The van der Waals surface area contributed by atoms with Crippen molar-refractivity contribution in [2.45, 2.75) is 37.3 Å². The first-order valence-electron chi connectivity index (χ1n) is 9.72. The summed E-state index contributed by atoms with van der Waals surface area (Å²) in [5.41, 5.74) is 0.242. The van der Waals surface area contributed by atoms with Crippen LogP contribution < -0.4 is 9.47 Å².